The number of nitrogens with one attached hydrogen (secondary N) is 1. The van der Waals surface area contributed by atoms with Crippen LogP contribution in [0, 0.1) is 5.92 Å². The molecule has 142 valence electrons. The zero-order valence-electron chi connectivity index (χ0n) is 15.7. The number of rotatable bonds is 6. The minimum Gasteiger partial charge on any atom is -0.383 e. The summed E-state index contributed by atoms with van der Waals surface area (Å²) in [5, 5.41) is 2.88. The molecule has 0 saturated carbocycles. The summed E-state index contributed by atoms with van der Waals surface area (Å²) in [5.74, 6) is 0.0746. The number of hydrogen-bond donors (Lipinski definition) is 1. The lowest BCUT2D eigenvalue weighted by Crippen LogP contribution is -2.43. The molecule has 0 spiro atoms. The highest BCUT2D eigenvalue weighted by atomic mass is 16.5. The number of nitrogens with zero attached hydrogens (tertiary/aromatic N) is 1. The molecular weight excluding hydrogens is 340 g/mol. The molecule has 2 aromatic carbocycles. The van der Waals surface area contributed by atoms with Gasteiger partial charge in [0.05, 0.1) is 6.61 Å². The standard InChI is InChI=1S/C22H26N2O3/c1-27-16-13-23-21(25)19-11-14-24(15-12-19)22(26)20-9-7-18(8-10-20)17-5-3-2-4-6-17/h2-10,19H,11-16H2,1H3,(H,23,25). The molecule has 1 fully saturated rings. The molecule has 0 aliphatic carbocycles. The fourth-order valence-electron chi connectivity index (χ4n) is 3.38. The Hall–Kier alpha value is -2.66. The van der Waals surface area contributed by atoms with Crippen molar-refractivity contribution in [2.45, 2.75) is 12.8 Å². The Morgan fingerprint density at radius 1 is 1.00 bits per heavy atom. The Morgan fingerprint density at radius 3 is 2.26 bits per heavy atom. The molecule has 5 nitrogen and oxygen atoms in total. The number of amides is 2. The summed E-state index contributed by atoms with van der Waals surface area (Å²) < 4.78 is 4.95. The van der Waals surface area contributed by atoms with Crippen molar-refractivity contribution in [3.8, 4) is 11.1 Å². The summed E-state index contributed by atoms with van der Waals surface area (Å²) in [5.41, 5.74) is 2.92. The first-order chi connectivity index (χ1) is 13.2. The van der Waals surface area contributed by atoms with Gasteiger partial charge in [-0.05, 0) is 36.1 Å². The van der Waals surface area contributed by atoms with Crippen molar-refractivity contribution >= 4 is 11.8 Å². The first kappa shape index (κ1) is 19.1. The molecule has 0 aromatic heterocycles. The number of methoxy groups -OCH3 is 1. The maximum Gasteiger partial charge on any atom is 0.253 e. The minimum atomic E-state index is -0.0219. The second-order valence-corrected chi connectivity index (χ2v) is 6.79. The van der Waals surface area contributed by atoms with Crippen molar-refractivity contribution in [3.05, 3.63) is 60.2 Å². The SMILES string of the molecule is COCCNC(=O)C1CCN(C(=O)c2ccc(-c3ccccc3)cc2)CC1. The van der Waals surface area contributed by atoms with E-state index in [4.69, 9.17) is 4.74 Å². The van der Waals surface area contributed by atoms with Gasteiger partial charge in [-0.3, -0.25) is 9.59 Å². The average Bonchev–Trinajstić information content (AvgIpc) is 2.74. The van der Waals surface area contributed by atoms with Crippen molar-refractivity contribution in [3.63, 3.8) is 0 Å². The van der Waals surface area contributed by atoms with Crippen molar-refractivity contribution in [1.82, 2.24) is 10.2 Å². The number of benzene rings is 2. The van der Waals surface area contributed by atoms with Gasteiger partial charge in [0.15, 0.2) is 0 Å². The Kier molecular flexibility index (Phi) is 6.60. The minimum absolute atomic E-state index is 0.0219. The van der Waals surface area contributed by atoms with E-state index < -0.39 is 0 Å². The van der Waals surface area contributed by atoms with E-state index in [1.807, 2.05) is 47.4 Å². The second-order valence-electron chi connectivity index (χ2n) is 6.79. The highest BCUT2D eigenvalue weighted by molar-refractivity contribution is 5.95. The smallest absolute Gasteiger partial charge is 0.253 e. The van der Waals surface area contributed by atoms with Gasteiger partial charge in [0.25, 0.3) is 5.91 Å². The third-order valence-electron chi connectivity index (χ3n) is 5.00. The molecule has 1 aliphatic heterocycles. The van der Waals surface area contributed by atoms with Crippen LogP contribution in [0.25, 0.3) is 11.1 Å². The van der Waals surface area contributed by atoms with Crippen molar-refractivity contribution in [1.29, 1.82) is 0 Å². The van der Waals surface area contributed by atoms with Gasteiger partial charge in [-0.25, -0.2) is 0 Å². The lowest BCUT2D eigenvalue weighted by atomic mass is 9.95. The van der Waals surface area contributed by atoms with E-state index in [9.17, 15) is 9.59 Å². The normalized spacial score (nSPS) is 14.8. The predicted molar refractivity (Wildman–Crippen MR) is 105 cm³/mol. The first-order valence-corrected chi connectivity index (χ1v) is 9.40. The maximum absolute atomic E-state index is 12.7. The predicted octanol–water partition coefficient (Wildman–Crippen LogP) is 2.97. The summed E-state index contributed by atoms with van der Waals surface area (Å²) >= 11 is 0. The van der Waals surface area contributed by atoms with Crippen LogP contribution >= 0.6 is 0 Å². The zero-order chi connectivity index (χ0) is 19.1. The molecule has 1 heterocycles. The van der Waals surface area contributed by atoms with Crippen LogP contribution in [-0.4, -0.2) is 50.1 Å². The van der Waals surface area contributed by atoms with Gasteiger partial charge in [0.1, 0.15) is 0 Å². The molecule has 0 bridgehead atoms. The van der Waals surface area contributed by atoms with Gasteiger partial charge in [-0.2, -0.15) is 0 Å². The number of carbonyl (C=O) groups excluding carboxylic acids is 2. The van der Waals surface area contributed by atoms with Crippen LogP contribution in [0.3, 0.4) is 0 Å². The largest absolute Gasteiger partial charge is 0.383 e. The highest BCUT2D eigenvalue weighted by Gasteiger charge is 2.27. The molecule has 2 aromatic rings. The molecular formula is C22H26N2O3. The number of likely N-dealkylation sites (tertiary alicyclic amines) is 1. The summed E-state index contributed by atoms with van der Waals surface area (Å²) in [6.07, 6.45) is 1.40. The molecule has 1 N–H and O–H groups in total. The molecule has 0 unspecified atom stereocenters. The number of hydrogen-bond acceptors (Lipinski definition) is 3. The molecule has 2 amide bonds. The van der Waals surface area contributed by atoms with E-state index in [1.165, 1.54) is 0 Å². The number of carbonyl (C=O) groups is 2. The van der Waals surface area contributed by atoms with Gasteiger partial charge in [0.2, 0.25) is 5.91 Å². The van der Waals surface area contributed by atoms with Gasteiger partial charge >= 0.3 is 0 Å². The van der Waals surface area contributed by atoms with Crippen molar-refractivity contribution in [2.75, 3.05) is 33.4 Å². The monoisotopic (exact) mass is 366 g/mol. The number of piperidine rings is 1. The maximum atomic E-state index is 12.7. The fraction of sp³-hybridized carbons (Fsp3) is 0.364. The van der Waals surface area contributed by atoms with Crippen molar-refractivity contribution in [2.24, 2.45) is 5.92 Å². The summed E-state index contributed by atoms with van der Waals surface area (Å²) in [4.78, 5) is 26.7. The lowest BCUT2D eigenvalue weighted by Gasteiger charge is -2.31. The van der Waals surface area contributed by atoms with Crippen LogP contribution in [0.1, 0.15) is 23.2 Å². The van der Waals surface area contributed by atoms with Crippen LogP contribution in [0.2, 0.25) is 0 Å². The van der Waals surface area contributed by atoms with Gasteiger partial charge in [-0.15, -0.1) is 0 Å². The van der Waals surface area contributed by atoms with E-state index in [0.29, 0.717) is 44.6 Å². The third-order valence-corrected chi connectivity index (χ3v) is 5.00. The van der Waals surface area contributed by atoms with Crippen LogP contribution in [0.15, 0.2) is 54.6 Å². The van der Waals surface area contributed by atoms with Gasteiger partial charge in [0, 0.05) is 38.2 Å². The van der Waals surface area contributed by atoms with Crippen LogP contribution in [0.4, 0.5) is 0 Å². The lowest BCUT2D eigenvalue weighted by molar-refractivity contribution is -0.126. The van der Waals surface area contributed by atoms with Crippen molar-refractivity contribution < 1.29 is 14.3 Å². The molecule has 3 rings (SSSR count). The Bertz CT molecular complexity index is 751. The molecule has 1 saturated heterocycles. The number of ether oxygens (including phenoxy) is 1. The Morgan fingerprint density at radius 2 is 1.63 bits per heavy atom. The second kappa shape index (κ2) is 9.33. The topological polar surface area (TPSA) is 58.6 Å². The van der Waals surface area contributed by atoms with E-state index in [-0.39, 0.29) is 17.7 Å². The fourth-order valence-corrected chi connectivity index (χ4v) is 3.38. The van der Waals surface area contributed by atoms with Crippen LogP contribution < -0.4 is 5.32 Å². The molecule has 27 heavy (non-hydrogen) atoms. The first-order valence-electron chi connectivity index (χ1n) is 9.40. The molecule has 0 atom stereocenters. The quantitative estimate of drug-likeness (QED) is 0.800. The molecule has 0 radical (unpaired) electrons. The summed E-state index contributed by atoms with van der Waals surface area (Å²) in [7, 11) is 1.61. The zero-order valence-corrected chi connectivity index (χ0v) is 15.7. The van der Waals surface area contributed by atoms with E-state index in [0.717, 1.165) is 11.1 Å². The van der Waals surface area contributed by atoms with Gasteiger partial charge < -0.3 is 15.0 Å². The van der Waals surface area contributed by atoms with E-state index >= 15 is 0 Å². The highest BCUT2D eigenvalue weighted by Crippen LogP contribution is 2.22. The van der Waals surface area contributed by atoms with Gasteiger partial charge in [-0.1, -0.05) is 42.5 Å². The van der Waals surface area contributed by atoms with Crippen LogP contribution in [0.5, 0.6) is 0 Å². The Balaban J connectivity index is 1.54. The van der Waals surface area contributed by atoms with E-state index in [2.05, 4.69) is 17.4 Å². The molecule has 5 heteroatoms. The average molecular weight is 366 g/mol. The molecule has 1 aliphatic rings. The van der Waals surface area contributed by atoms with Crippen LogP contribution in [-0.2, 0) is 9.53 Å². The summed E-state index contributed by atoms with van der Waals surface area (Å²) in [6.45, 7) is 2.27. The Labute approximate surface area is 160 Å². The van der Waals surface area contributed by atoms with E-state index in [1.54, 1.807) is 7.11 Å². The summed E-state index contributed by atoms with van der Waals surface area (Å²) in [6, 6.07) is 17.8. The third kappa shape index (κ3) is 4.95.